The van der Waals surface area contributed by atoms with Crippen LogP contribution in [-0.2, 0) is 0 Å². The minimum atomic E-state index is -0.136. The Morgan fingerprint density at radius 2 is 2.12 bits per heavy atom. The normalized spacial score (nSPS) is 10.5. The van der Waals surface area contributed by atoms with Crippen LogP contribution in [0.3, 0.4) is 0 Å². The molecule has 1 aromatic heterocycles. The van der Waals surface area contributed by atoms with Crippen LogP contribution in [0.2, 0.25) is 0 Å². The lowest BCUT2D eigenvalue weighted by Gasteiger charge is -2.00. The zero-order valence-electron chi connectivity index (χ0n) is 9.73. The molecule has 3 nitrogen and oxygen atoms in total. The minimum Gasteiger partial charge on any atom is -0.298 e. The van der Waals surface area contributed by atoms with E-state index in [1.165, 1.54) is 16.2 Å². The fraction of sp³-hybridized carbons (Fsp3) is 0.231. The van der Waals surface area contributed by atoms with Crippen molar-refractivity contribution < 1.29 is 4.79 Å². The maximum absolute atomic E-state index is 11.8. The van der Waals surface area contributed by atoms with Crippen molar-refractivity contribution in [1.82, 2.24) is 4.98 Å². The number of benzene rings is 1. The molecule has 0 aliphatic rings. The smallest absolute Gasteiger partial charge is 0.257 e. The molecule has 1 radical (unpaired) electrons. The molecule has 0 spiro atoms. The van der Waals surface area contributed by atoms with Gasteiger partial charge in [-0.25, -0.2) is 4.98 Å². The number of hydrogen-bond acceptors (Lipinski definition) is 3. The number of hydrogen-bond donors (Lipinski definition) is 1. The van der Waals surface area contributed by atoms with E-state index in [1.807, 2.05) is 6.20 Å². The van der Waals surface area contributed by atoms with Gasteiger partial charge in [-0.3, -0.25) is 10.1 Å². The third-order valence-electron chi connectivity index (χ3n) is 2.29. The Hall–Kier alpha value is -1.68. The molecule has 87 valence electrons. The van der Waals surface area contributed by atoms with Gasteiger partial charge in [-0.15, -0.1) is 11.3 Å². The number of amides is 1. The highest BCUT2D eigenvalue weighted by atomic mass is 32.1. The molecular weight excluding hydrogens is 232 g/mol. The van der Waals surface area contributed by atoms with E-state index in [-0.39, 0.29) is 5.91 Å². The lowest BCUT2D eigenvalue weighted by atomic mass is 10.2. The van der Waals surface area contributed by atoms with E-state index in [9.17, 15) is 4.79 Å². The first-order chi connectivity index (χ1) is 8.16. The van der Waals surface area contributed by atoms with Crippen LogP contribution in [0.15, 0.2) is 30.5 Å². The molecule has 0 aliphatic heterocycles. The number of anilines is 1. The Morgan fingerprint density at radius 1 is 1.41 bits per heavy atom. The lowest BCUT2D eigenvalue weighted by molar-refractivity contribution is 0.102. The van der Waals surface area contributed by atoms with Crippen molar-refractivity contribution in [3.8, 4) is 0 Å². The highest BCUT2D eigenvalue weighted by Gasteiger charge is 2.09. The first-order valence-electron chi connectivity index (χ1n) is 5.40. The van der Waals surface area contributed by atoms with Gasteiger partial charge in [0.2, 0.25) is 0 Å². The van der Waals surface area contributed by atoms with E-state index >= 15 is 0 Å². The molecule has 0 fully saturated rings. The summed E-state index contributed by atoms with van der Waals surface area (Å²) in [5.41, 5.74) is 0.616. The van der Waals surface area contributed by atoms with E-state index in [4.69, 9.17) is 0 Å². The van der Waals surface area contributed by atoms with Crippen molar-refractivity contribution in [3.05, 3.63) is 47.0 Å². The molecule has 0 unspecified atom stereocenters. The van der Waals surface area contributed by atoms with Crippen LogP contribution in [0.5, 0.6) is 0 Å². The minimum absolute atomic E-state index is 0.136. The first kappa shape index (κ1) is 11.8. The van der Waals surface area contributed by atoms with Crippen LogP contribution < -0.4 is 5.32 Å². The first-order valence-corrected chi connectivity index (χ1v) is 6.21. The average Bonchev–Trinajstić information content (AvgIpc) is 2.79. The Labute approximate surface area is 105 Å². The van der Waals surface area contributed by atoms with Gasteiger partial charge in [-0.1, -0.05) is 26.0 Å². The van der Waals surface area contributed by atoms with E-state index in [0.29, 0.717) is 16.6 Å². The van der Waals surface area contributed by atoms with Crippen molar-refractivity contribution in [2.75, 3.05) is 5.32 Å². The van der Waals surface area contributed by atoms with Crippen molar-refractivity contribution in [2.24, 2.45) is 0 Å². The molecule has 0 atom stereocenters. The summed E-state index contributed by atoms with van der Waals surface area (Å²) in [6, 6.07) is 9.77. The van der Waals surface area contributed by atoms with Gasteiger partial charge in [0.15, 0.2) is 5.13 Å². The van der Waals surface area contributed by atoms with Gasteiger partial charge >= 0.3 is 0 Å². The number of carbonyl (C=O) groups is 1. The van der Waals surface area contributed by atoms with Gasteiger partial charge in [0, 0.05) is 16.6 Å². The van der Waals surface area contributed by atoms with Crippen molar-refractivity contribution in [2.45, 2.75) is 19.8 Å². The van der Waals surface area contributed by atoms with Crippen molar-refractivity contribution in [3.63, 3.8) is 0 Å². The van der Waals surface area contributed by atoms with Crippen LogP contribution in [0.4, 0.5) is 5.13 Å². The lowest BCUT2D eigenvalue weighted by Crippen LogP contribution is -2.11. The van der Waals surface area contributed by atoms with Gasteiger partial charge in [-0.2, -0.15) is 0 Å². The van der Waals surface area contributed by atoms with E-state index in [0.717, 1.165) is 0 Å². The third kappa shape index (κ3) is 2.91. The largest absolute Gasteiger partial charge is 0.298 e. The predicted molar refractivity (Wildman–Crippen MR) is 69.4 cm³/mol. The van der Waals surface area contributed by atoms with E-state index < -0.39 is 0 Å². The van der Waals surface area contributed by atoms with Gasteiger partial charge in [-0.05, 0) is 24.1 Å². The molecule has 17 heavy (non-hydrogen) atoms. The fourth-order valence-corrected chi connectivity index (χ4v) is 2.13. The number of carbonyl (C=O) groups excluding carboxylic acids is 1. The molecular formula is C13H13N2OS. The topological polar surface area (TPSA) is 42.0 Å². The van der Waals surface area contributed by atoms with Crippen LogP contribution >= 0.6 is 11.3 Å². The molecule has 0 saturated heterocycles. The van der Waals surface area contributed by atoms with Crippen molar-refractivity contribution in [1.29, 1.82) is 0 Å². The molecule has 1 aromatic carbocycles. The number of nitrogens with zero attached hydrogens (tertiary/aromatic N) is 1. The summed E-state index contributed by atoms with van der Waals surface area (Å²) in [5, 5.41) is 3.43. The summed E-state index contributed by atoms with van der Waals surface area (Å²) in [5.74, 6) is 0.299. The second kappa shape index (κ2) is 5.10. The fourth-order valence-electron chi connectivity index (χ4n) is 1.32. The Balaban J connectivity index is 2.08. The zero-order valence-corrected chi connectivity index (χ0v) is 10.5. The highest BCUT2D eigenvalue weighted by Crippen LogP contribution is 2.25. The van der Waals surface area contributed by atoms with Crippen molar-refractivity contribution >= 4 is 22.4 Å². The number of rotatable bonds is 3. The highest BCUT2D eigenvalue weighted by molar-refractivity contribution is 7.15. The summed E-state index contributed by atoms with van der Waals surface area (Å²) in [6.45, 7) is 4.21. The molecule has 2 aromatic rings. The van der Waals surface area contributed by atoms with Crippen LogP contribution in [0, 0.1) is 6.07 Å². The number of thiazole rings is 1. The molecule has 0 saturated carbocycles. The average molecular weight is 245 g/mol. The standard InChI is InChI=1S/C13H13N2OS/c1-9(2)11-8-14-13(17-11)15-12(16)10-6-4-3-5-7-10/h4-9H,1-2H3,(H,14,15,16). The molecule has 4 heteroatoms. The van der Waals surface area contributed by atoms with Crippen LogP contribution in [0.25, 0.3) is 0 Å². The second-order valence-corrected chi connectivity index (χ2v) is 5.03. The Kier molecular flexibility index (Phi) is 3.54. The van der Waals surface area contributed by atoms with Gasteiger partial charge in [0.1, 0.15) is 0 Å². The second-order valence-electron chi connectivity index (χ2n) is 3.97. The summed E-state index contributed by atoms with van der Waals surface area (Å²) >= 11 is 1.51. The molecule has 1 heterocycles. The van der Waals surface area contributed by atoms with E-state index in [1.54, 1.807) is 24.3 Å². The molecule has 1 N–H and O–H groups in total. The maximum atomic E-state index is 11.8. The summed E-state index contributed by atoms with van der Waals surface area (Å²) < 4.78 is 0. The predicted octanol–water partition coefficient (Wildman–Crippen LogP) is 3.32. The van der Waals surface area contributed by atoms with E-state index in [2.05, 4.69) is 30.2 Å². The zero-order chi connectivity index (χ0) is 12.3. The summed E-state index contributed by atoms with van der Waals surface area (Å²) in [6.07, 6.45) is 1.81. The molecule has 2 rings (SSSR count). The summed E-state index contributed by atoms with van der Waals surface area (Å²) in [4.78, 5) is 17.2. The third-order valence-corrected chi connectivity index (χ3v) is 3.51. The Morgan fingerprint density at radius 3 is 2.71 bits per heavy atom. The maximum Gasteiger partial charge on any atom is 0.257 e. The van der Waals surface area contributed by atoms with Gasteiger partial charge < -0.3 is 0 Å². The monoisotopic (exact) mass is 245 g/mol. The quantitative estimate of drug-likeness (QED) is 0.901. The van der Waals surface area contributed by atoms with Gasteiger partial charge in [0.05, 0.1) is 0 Å². The number of aromatic nitrogens is 1. The van der Waals surface area contributed by atoms with Crippen LogP contribution in [-0.4, -0.2) is 10.9 Å². The Bertz CT molecular complexity index is 505. The SMILES string of the molecule is CC(C)c1cnc(NC(=O)c2cc[c]cc2)s1. The van der Waals surface area contributed by atoms with Crippen LogP contribution in [0.1, 0.15) is 35.0 Å². The molecule has 1 amide bonds. The molecule has 0 aliphatic carbocycles. The van der Waals surface area contributed by atoms with Gasteiger partial charge in [0.25, 0.3) is 5.91 Å². The molecule has 0 bridgehead atoms. The number of nitrogens with one attached hydrogen (secondary N) is 1. The summed E-state index contributed by atoms with van der Waals surface area (Å²) in [7, 11) is 0.